The molecule has 1 N–H and O–H groups in total. The Hall–Kier alpha value is -1.69. The molecule has 120 valence electrons. The molecule has 4 nitrogen and oxygen atoms in total. The van der Waals surface area contributed by atoms with Crippen LogP contribution in [-0.2, 0) is 14.3 Å². The number of halogens is 2. The van der Waals surface area contributed by atoms with Crippen LogP contribution >= 0.6 is 35.0 Å². The highest BCUT2D eigenvalue weighted by molar-refractivity contribution is 8.00. The Morgan fingerprint density at radius 1 is 1.09 bits per heavy atom. The third-order valence-corrected chi connectivity index (χ3v) is 4.20. The van der Waals surface area contributed by atoms with Gasteiger partial charge < -0.3 is 10.1 Å². The van der Waals surface area contributed by atoms with Crippen molar-refractivity contribution in [2.75, 3.05) is 17.7 Å². The molecule has 0 atom stereocenters. The normalized spacial score (nSPS) is 10.2. The van der Waals surface area contributed by atoms with E-state index in [2.05, 4.69) is 5.32 Å². The summed E-state index contributed by atoms with van der Waals surface area (Å²) in [4.78, 5) is 24.3. The maximum atomic E-state index is 11.7. The summed E-state index contributed by atoms with van der Waals surface area (Å²) in [6.07, 6.45) is 0. The molecular weight excluding hydrogens is 357 g/mol. The lowest BCUT2D eigenvalue weighted by Crippen LogP contribution is -2.21. The Labute approximate surface area is 148 Å². The number of hydrogen-bond acceptors (Lipinski definition) is 4. The molecule has 0 saturated carbocycles. The molecule has 0 radical (unpaired) electrons. The van der Waals surface area contributed by atoms with E-state index >= 15 is 0 Å². The van der Waals surface area contributed by atoms with Crippen molar-refractivity contribution in [3.63, 3.8) is 0 Å². The van der Waals surface area contributed by atoms with E-state index in [0.717, 1.165) is 4.90 Å². The third kappa shape index (κ3) is 6.14. The second-order valence-corrected chi connectivity index (χ2v) is 6.33. The van der Waals surface area contributed by atoms with E-state index in [1.807, 2.05) is 30.3 Å². The molecule has 2 aromatic carbocycles. The number of carbonyl (C=O) groups is 2. The van der Waals surface area contributed by atoms with E-state index < -0.39 is 11.9 Å². The highest BCUT2D eigenvalue weighted by Gasteiger charge is 2.10. The van der Waals surface area contributed by atoms with Gasteiger partial charge in [0.05, 0.1) is 16.5 Å². The average molecular weight is 370 g/mol. The number of rotatable bonds is 6. The largest absolute Gasteiger partial charge is 0.455 e. The van der Waals surface area contributed by atoms with Crippen molar-refractivity contribution >= 4 is 52.5 Å². The number of thioether (sulfide) groups is 1. The first kappa shape index (κ1) is 17.7. The predicted octanol–water partition coefficient (Wildman–Crippen LogP) is 4.27. The predicted molar refractivity (Wildman–Crippen MR) is 93.2 cm³/mol. The van der Waals surface area contributed by atoms with Gasteiger partial charge in [-0.1, -0.05) is 41.4 Å². The second-order valence-electron chi connectivity index (χ2n) is 4.43. The van der Waals surface area contributed by atoms with Crippen molar-refractivity contribution in [2.24, 2.45) is 0 Å². The van der Waals surface area contributed by atoms with Crippen LogP contribution in [0.25, 0.3) is 0 Å². The molecule has 0 spiro atoms. The highest BCUT2D eigenvalue weighted by atomic mass is 35.5. The van der Waals surface area contributed by atoms with Crippen LogP contribution < -0.4 is 5.32 Å². The first-order valence-corrected chi connectivity index (χ1v) is 8.37. The first-order chi connectivity index (χ1) is 11.0. The molecule has 1 amide bonds. The van der Waals surface area contributed by atoms with Crippen molar-refractivity contribution in [3.05, 3.63) is 58.6 Å². The van der Waals surface area contributed by atoms with Gasteiger partial charge in [-0.05, 0) is 30.3 Å². The maximum absolute atomic E-state index is 11.7. The minimum atomic E-state index is -0.465. The molecule has 0 fully saturated rings. The van der Waals surface area contributed by atoms with Crippen LogP contribution in [0.2, 0.25) is 10.0 Å². The summed E-state index contributed by atoms with van der Waals surface area (Å²) in [5.41, 5.74) is 0.413. The van der Waals surface area contributed by atoms with E-state index in [9.17, 15) is 9.59 Å². The molecule has 2 rings (SSSR count). The number of anilines is 1. The van der Waals surface area contributed by atoms with Crippen LogP contribution in [-0.4, -0.2) is 24.2 Å². The molecule has 0 aromatic heterocycles. The van der Waals surface area contributed by atoms with Gasteiger partial charge in [-0.3, -0.25) is 9.59 Å². The van der Waals surface area contributed by atoms with Crippen LogP contribution in [0.4, 0.5) is 5.69 Å². The third-order valence-electron chi connectivity index (χ3n) is 2.67. The quantitative estimate of drug-likeness (QED) is 0.610. The van der Waals surface area contributed by atoms with E-state index in [-0.39, 0.29) is 12.4 Å². The zero-order valence-electron chi connectivity index (χ0n) is 11.9. The molecule has 0 saturated heterocycles. The number of carbonyl (C=O) groups excluding carboxylic acids is 2. The molecule has 0 aliphatic rings. The lowest BCUT2D eigenvalue weighted by atomic mass is 10.3. The lowest BCUT2D eigenvalue weighted by Gasteiger charge is -2.08. The Morgan fingerprint density at radius 2 is 1.83 bits per heavy atom. The molecule has 23 heavy (non-hydrogen) atoms. The standard InChI is InChI=1S/C16H13Cl2NO3S/c17-11-6-7-14(13(18)8-11)19-15(20)9-22-16(21)10-23-12-4-2-1-3-5-12/h1-8H,9-10H2,(H,19,20). The Bertz CT molecular complexity index is 695. The van der Waals surface area contributed by atoms with Crippen LogP contribution in [0.15, 0.2) is 53.4 Å². The molecule has 0 aliphatic carbocycles. The van der Waals surface area contributed by atoms with Crippen molar-refractivity contribution in [1.82, 2.24) is 0 Å². The van der Waals surface area contributed by atoms with E-state index in [0.29, 0.717) is 15.7 Å². The average Bonchev–Trinajstić information content (AvgIpc) is 2.54. The molecule has 0 heterocycles. The minimum Gasteiger partial charge on any atom is -0.455 e. The number of ether oxygens (including phenoxy) is 1. The van der Waals surface area contributed by atoms with Crippen molar-refractivity contribution in [1.29, 1.82) is 0 Å². The number of esters is 1. The summed E-state index contributed by atoms with van der Waals surface area (Å²) in [7, 11) is 0. The van der Waals surface area contributed by atoms with Gasteiger partial charge in [-0.25, -0.2) is 0 Å². The first-order valence-electron chi connectivity index (χ1n) is 6.63. The summed E-state index contributed by atoms with van der Waals surface area (Å²) in [6, 6.07) is 14.2. The fourth-order valence-corrected chi connectivity index (χ4v) is 2.80. The van der Waals surface area contributed by atoms with Gasteiger partial charge in [-0.2, -0.15) is 0 Å². The zero-order chi connectivity index (χ0) is 16.7. The van der Waals surface area contributed by atoms with Gasteiger partial charge in [0.1, 0.15) is 0 Å². The van der Waals surface area contributed by atoms with Gasteiger partial charge in [0, 0.05) is 9.92 Å². The van der Waals surface area contributed by atoms with Crippen LogP contribution in [0, 0.1) is 0 Å². The van der Waals surface area contributed by atoms with Crippen molar-refractivity contribution in [2.45, 2.75) is 4.90 Å². The highest BCUT2D eigenvalue weighted by Crippen LogP contribution is 2.25. The molecule has 2 aromatic rings. The molecule has 7 heteroatoms. The van der Waals surface area contributed by atoms with Crippen molar-refractivity contribution in [3.8, 4) is 0 Å². The molecule has 0 bridgehead atoms. The Morgan fingerprint density at radius 3 is 2.52 bits per heavy atom. The van der Waals surface area contributed by atoms with Gasteiger partial charge in [-0.15, -0.1) is 11.8 Å². The Balaban J connectivity index is 1.74. The topological polar surface area (TPSA) is 55.4 Å². The number of amides is 1. The number of benzene rings is 2. The molecular formula is C16H13Cl2NO3S. The van der Waals surface area contributed by atoms with Crippen molar-refractivity contribution < 1.29 is 14.3 Å². The fraction of sp³-hybridized carbons (Fsp3) is 0.125. The smallest absolute Gasteiger partial charge is 0.316 e. The summed E-state index contributed by atoms with van der Waals surface area (Å²) in [5, 5.41) is 3.34. The van der Waals surface area contributed by atoms with Gasteiger partial charge in [0.15, 0.2) is 6.61 Å². The van der Waals surface area contributed by atoms with E-state index in [1.165, 1.54) is 17.8 Å². The zero-order valence-corrected chi connectivity index (χ0v) is 14.3. The van der Waals surface area contributed by atoms with E-state index in [1.54, 1.807) is 12.1 Å². The SMILES string of the molecule is O=C(COC(=O)CSc1ccccc1)Nc1ccc(Cl)cc1Cl. The molecule has 0 aliphatic heterocycles. The number of hydrogen-bond donors (Lipinski definition) is 1. The molecule has 0 unspecified atom stereocenters. The Kier molecular flexibility index (Phi) is 6.77. The number of nitrogens with one attached hydrogen (secondary N) is 1. The van der Waals surface area contributed by atoms with Gasteiger partial charge >= 0.3 is 5.97 Å². The fourth-order valence-electron chi connectivity index (χ4n) is 1.62. The van der Waals surface area contributed by atoms with E-state index in [4.69, 9.17) is 27.9 Å². The van der Waals surface area contributed by atoms with Crippen LogP contribution in [0.5, 0.6) is 0 Å². The van der Waals surface area contributed by atoms with Gasteiger partial charge in [0.2, 0.25) is 0 Å². The monoisotopic (exact) mass is 369 g/mol. The van der Waals surface area contributed by atoms with Gasteiger partial charge in [0.25, 0.3) is 5.91 Å². The summed E-state index contributed by atoms with van der Waals surface area (Å²) < 4.78 is 4.92. The van der Waals surface area contributed by atoms with Crippen LogP contribution in [0.1, 0.15) is 0 Å². The second kappa shape index (κ2) is 8.82. The summed E-state index contributed by atoms with van der Waals surface area (Å²) >= 11 is 13.1. The summed E-state index contributed by atoms with van der Waals surface area (Å²) in [6.45, 7) is -0.368. The van der Waals surface area contributed by atoms with Crippen LogP contribution in [0.3, 0.4) is 0 Å². The maximum Gasteiger partial charge on any atom is 0.316 e. The lowest BCUT2D eigenvalue weighted by molar-refractivity contribution is -0.144. The summed E-state index contributed by atoms with van der Waals surface area (Å²) in [5.74, 6) is -0.789. The minimum absolute atomic E-state index is 0.138.